The molecule has 33 heavy (non-hydrogen) atoms. The van der Waals surface area contributed by atoms with Gasteiger partial charge in [0.2, 0.25) is 11.8 Å². The van der Waals surface area contributed by atoms with Gasteiger partial charge in [-0.3, -0.25) is 0 Å². The highest BCUT2D eigenvalue weighted by Crippen LogP contribution is 2.24. The molecule has 3 aromatic carbocycles. The molecule has 0 fully saturated rings. The maximum Gasteiger partial charge on any atom is 0.211 e. The Morgan fingerprint density at radius 1 is 0.606 bits per heavy atom. The highest BCUT2D eigenvalue weighted by molar-refractivity contribution is 6.09. The first-order valence-electron chi connectivity index (χ1n) is 11.1. The van der Waals surface area contributed by atoms with Crippen molar-refractivity contribution in [2.45, 2.75) is 12.1 Å². The molecule has 1 N–H and O–H groups in total. The van der Waals surface area contributed by atoms with Gasteiger partial charge in [-0.05, 0) is 11.1 Å². The van der Waals surface area contributed by atoms with E-state index in [0.717, 1.165) is 32.6 Å². The van der Waals surface area contributed by atoms with Crippen LogP contribution < -0.4 is 10.7 Å². The van der Waals surface area contributed by atoms with Gasteiger partial charge in [-0.1, -0.05) is 84.9 Å². The summed E-state index contributed by atoms with van der Waals surface area (Å²) in [6, 6.07) is 28.8. The van der Waals surface area contributed by atoms with Gasteiger partial charge in [0, 0.05) is 22.9 Å². The molecular weight excluding hydrogens is 410 g/mol. The van der Waals surface area contributed by atoms with Crippen molar-refractivity contribution in [2.24, 2.45) is 9.98 Å². The fourth-order valence-corrected chi connectivity index (χ4v) is 4.34. The lowest BCUT2D eigenvalue weighted by atomic mass is 10.1. The fourth-order valence-electron chi connectivity index (χ4n) is 4.34. The molecule has 4 aromatic rings. The normalized spacial score (nSPS) is 21.1. The zero-order chi connectivity index (χ0) is 22.0. The molecule has 0 bridgehead atoms. The molecule has 0 aliphatic carbocycles. The largest absolute Gasteiger partial charge is 0.475 e. The highest BCUT2D eigenvalue weighted by atomic mass is 16.5. The van der Waals surface area contributed by atoms with Crippen LogP contribution in [0.3, 0.4) is 0 Å². The monoisotopic (exact) mass is 433 g/mol. The van der Waals surface area contributed by atoms with Gasteiger partial charge >= 0.3 is 0 Å². The van der Waals surface area contributed by atoms with Crippen LogP contribution in [0.2, 0.25) is 0 Å². The van der Waals surface area contributed by atoms with E-state index >= 15 is 0 Å². The predicted molar refractivity (Wildman–Crippen MR) is 132 cm³/mol. The average molecular weight is 434 g/mol. The minimum atomic E-state index is 0.0286. The maximum atomic E-state index is 5.89. The number of nitrogens with one attached hydrogen (secondary N) is 1. The van der Waals surface area contributed by atoms with Crippen molar-refractivity contribution in [3.63, 3.8) is 0 Å². The van der Waals surface area contributed by atoms with Crippen molar-refractivity contribution < 1.29 is 9.47 Å². The van der Waals surface area contributed by atoms with E-state index in [1.165, 1.54) is 0 Å². The molecule has 0 unspecified atom stereocenters. The van der Waals surface area contributed by atoms with E-state index < -0.39 is 0 Å². The third-order valence-electron chi connectivity index (χ3n) is 6.03. The Kier molecular flexibility index (Phi) is 5.00. The first kappa shape index (κ1) is 19.6. The number of benzene rings is 3. The molecule has 2 aliphatic heterocycles. The predicted octanol–water partition coefficient (Wildman–Crippen LogP) is 4.07. The van der Waals surface area contributed by atoms with Gasteiger partial charge in [-0.25, -0.2) is 9.98 Å². The zero-order valence-corrected chi connectivity index (χ0v) is 18.0. The molecular formula is C28H23N3O2. The minimum Gasteiger partial charge on any atom is -0.475 e. The van der Waals surface area contributed by atoms with Crippen LogP contribution in [0.15, 0.2) is 94.9 Å². The summed E-state index contributed by atoms with van der Waals surface area (Å²) in [6.45, 7) is 1.11. The molecule has 1 aromatic heterocycles. The molecule has 2 aliphatic rings. The number of aromatic nitrogens is 1. The number of aromatic amines is 1. The van der Waals surface area contributed by atoms with Crippen molar-refractivity contribution in [3.05, 3.63) is 107 Å². The molecule has 0 saturated carbocycles. The number of rotatable bonds is 4. The lowest BCUT2D eigenvalue weighted by Gasteiger charge is -2.03. The summed E-state index contributed by atoms with van der Waals surface area (Å²) in [4.78, 5) is 13.1. The van der Waals surface area contributed by atoms with Gasteiger partial charge in [0.25, 0.3) is 0 Å². The van der Waals surface area contributed by atoms with Crippen LogP contribution in [0.4, 0.5) is 0 Å². The smallest absolute Gasteiger partial charge is 0.211 e. The van der Waals surface area contributed by atoms with Crippen molar-refractivity contribution in [1.82, 2.24) is 4.98 Å². The Labute approximate surface area is 191 Å². The SMILES string of the molecule is C(C1=N[C@@H](c2ccccc2)CO1)=c1[nH]c(=CC2=N[C@@H](c3ccccc3)CO2)c2ccccc12. The second-order valence-corrected chi connectivity index (χ2v) is 8.20. The number of nitrogens with zero attached hydrogens (tertiary/aromatic N) is 2. The van der Waals surface area contributed by atoms with Crippen LogP contribution in [0.5, 0.6) is 0 Å². The Bertz CT molecular complexity index is 1360. The molecule has 2 atom stereocenters. The van der Waals surface area contributed by atoms with E-state index in [0.29, 0.717) is 25.0 Å². The zero-order valence-electron chi connectivity index (χ0n) is 18.0. The summed E-state index contributed by atoms with van der Waals surface area (Å²) < 4.78 is 11.8. The van der Waals surface area contributed by atoms with Crippen LogP contribution >= 0.6 is 0 Å². The first-order valence-corrected chi connectivity index (χ1v) is 11.1. The Hall–Kier alpha value is -4.12. The van der Waals surface area contributed by atoms with Gasteiger partial charge in [0.05, 0.1) is 10.7 Å². The topological polar surface area (TPSA) is 59.0 Å². The summed E-state index contributed by atoms with van der Waals surface area (Å²) in [6.07, 6.45) is 3.96. The van der Waals surface area contributed by atoms with Crippen molar-refractivity contribution in [1.29, 1.82) is 0 Å². The number of ether oxygens (including phenoxy) is 2. The molecule has 0 spiro atoms. The van der Waals surface area contributed by atoms with Crippen LogP contribution in [0.25, 0.3) is 22.9 Å². The summed E-state index contributed by atoms with van der Waals surface area (Å²) in [5.41, 5.74) is 2.33. The van der Waals surface area contributed by atoms with Crippen LogP contribution in [0.1, 0.15) is 23.2 Å². The second kappa shape index (κ2) is 8.43. The lowest BCUT2D eigenvalue weighted by Crippen LogP contribution is -2.14. The van der Waals surface area contributed by atoms with Gasteiger partial charge in [-0.15, -0.1) is 0 Å². The van der Waals surface area contributed by atoms with Crippen molar-refractivity contribution >= 4 is 34.7 Å². The van der Waals surface area contributed by atoms with Gasteiger partial charge in [0.1, 0.15) is 25.3 Å². The number of H-pyrrole nitrogens is 1. The van der Waals surface area contributed by atoms with Gasteiger partial charge < -0.3 is 14.5 Å². The molecule has 0 radical (unpaired) electrons. The van der Waals surface area contributed by atoms with Gasteiger partial charge in [-0.2, -0.15) is 0 Å². The summed E-state index contributed by atoms with van der Waals surface area (Å²) >= 11 is 0. The molecule has 0 amide bonds. The van der Waals surface area contributed by atoms with E-state index in [4.69, 9.17) is 19.5 Å². The van der Waals surface area contributed by atoms with E-state index in [9.17, 15) is 0 Å². The highest BCUT2D eigenvalue weighted by Gasteiger charge is 2.20. The fraction of sp³-hybridized carbons (Fsp3) is 0.143. The molecule has 0 saturated heterocycles. The van der Waals surface area contributed by atoms with E-state index in [2.05, 4.69) is 41.4 Å². The minimum absolute atomic E-state index is 0.0286. The quantitative estimate of drug-likeness (QED) is 0.528. The Balaban J connectivity index is 1.37. The van der Waals surface area contributed by atoms with Crippen LogP contribution in [0, 0.1) is 0 Å². The second-order valence-electron chi connectivity index (χ2n) is 8.20. The molecule has 5 heteroatoms. The third kappa shape index (κ3) is 3.94. The Morgan fingerprint density at radius 3 is 1.48 bits per heavy atom. The standard InChI is InChI=1S/C28H23N3O2/c1-3-9-19(10-4-1)25-17-32-27(30-25)15-23-21-13-7-8-14-22(21)24(29-23)16-28-31-26(18-33-28)20-11-5-2-6-12-20/h1-16,25-26,29H,17-18H2/t25-,26-/m1/s1. The van der Waals surface area contributed by atoms with Crippen LogP contribution in [-0.4, -0.2) is 30.0 Å². The Morgan fingerprint density at radius 2 is 1.03 bits per heavy atom. The third-order valence-corrected chi connectivity index (χ3v) is 6.03. The number of fused-ring (bicyclic) bond motifs is 1. The van der Waals surface area contributed by atoms with Crippen molar-refractivity contribution in [2.75, 3.05) is 13.2 Å². The van der Waals surface area contributed by atoms with E-state index in [-0.39, 0.29) is 12.1 Å². The molecule has 162 valence electrons. The van der Waals surface area contributed by atoms with Crippen molar-refractivity contribution in [3.8, 4) is 0 Å². The average Bonchev–Trinajstić information content (AvgIpc) is 3.61. The summed E-state index contributed by atoms with van der Waals surface area (Å²) in [5.74, 6) is 1.28. The summed E-state index contributed by atoms with van der Waals surface area (Å²) in [7, 11) is 0. The number of hydrogen-bond donors (Lipinski definition) is 1. The van der Waals surface area contributed by atoms with E-state index in [1.807, 2.05) is 60.7 Å². The molecule has 6 rings (SSSR count). The molecule has 3 heterocycles. The maximum absolute atomic E-state index is 5.89. The summed E-state index contributed by atoms with van der Waals surface area (Å²) in [5, 5.41) is 4.14. The number of hydrogen-bond acceptors (Lipinski definition) is 4. The number of aliphatic imine (C=N–C) groups is 2. The van der Waals surface area contributed by atoms with Gasteiger partial charge in [0.15, 0.2) is 0 Å². The lowest BCUT2D eigenvalue weighted by molar-refractivity contribution is 0.323. The van der Waals surface area contributed by atoms with Crippen LogP contribution in [-0.2, 0) is 9.47 Å². The molecule has 5 nitrogen and oxygen atoms in total. The van der Waals surface area contributed by atoms with E-state index in [1.54, 1.807) is 0 Å². The first-order chi connectivity index (χ1) is 16.3.